The summed E-state index contributed by atoms with van der Waals surface area (Å²) in [6, 6.07) is 2.73. The number of nitrogens with one attached hydrogen (secondary N) is 2. The maximum absolute atomic E-state index is 12.4. The van der Waals surface area contributed by atoms with Crippen LogP contribution in [0.2, 0.25) is 0 Å². The van der Waals surface area contributed by atoms with Crippen molar-refractivity contribution in [1.82, 2.24) is 10.0 Å². The number of sulfonamides is 1. The van der Waals surface area contributed by atoms with Crippen molar-refractivity contribution in [3.05, 3.63) is 23.8 Å². The van der Waals surface area contributed by atoms with Crippen LogP contribution in [0.5, 0.6) is 5.75 Å². The van der Waals surface area contributed by atoms with Gasteiger partial charge in [0.2, 0.25) is 10.0 Å². The number of carbonyl (C=O) groups is 2. The minimum atomic E-state index is -3.81. The minimum Gasteiger partial charge on any atom is -0.495 e. The number of amides is 1. The first-order valence-electron chi connectivity index (χ1n) is 6.98. The molecule has 1 atom stereocenters. The highest BCUT2D eigenvalue weighted by Gasteiger charge is 2.30. The number of carboxylic acids is 1. The number of rotatable bonds is 7. The average molecular weight is 342 g/mol. The summed E-state index contributed by atoms with van der Waals surface area (Å²) in [6.07, 6.45) is 1.55. The predicted molar refractivity (Wildman–Crippen MR) is 80.9 cm³/mol. The highest BCUT2D eigenvalue weighted by Crippen LogP contribution is 2.28. The lowest BCUT2D eigenvalue weighted by atomic mass is 10.2. The molecule has 0 saturated heterocycles. The van der Waals surface area contributed by atoms with Gasteiger partial charge in [0.05, 0.1) is 7.11 Å². The Balaban J connectivity index is 2.31. The normalized spacial score (nSPS) is 15.7. The van der Waals surface area contributed by atoms with Crippen LogP contribution in [0.3, 0.4) is 0 Å². The smallest absolute Gasteiger partial charge is 0.325 e. The monoisotopic (exact) mass is 342 g/mol. The van der Waals surface area contributed by atoms with Crippen LogP contribution in [0.1, 0.15) is 30.1 Å². The fourth-order valence-electron chi connectivity index (χ4n) is 1.85. The molecule has 8 nitrogen and oxygen atoms in total. The first kappa shape index (κ1) is 17.2. The Morgan fingerprint density at radius 1 is 1.35 bits per heavy atom. The molecule has 0 aromatic heterocycles. The van der Waals surface area contributed by atoms with Crippen molar-refractivity contribution in [2.24, 2.45) is 0 Å². The molecule has 9 heteroatoms. The zero-order chi connectivity index (χ0) is 17.2. The number of methoxy groups -OCH3 is 1. The van der Waals surface area contributed by atoms with Gasteiger partial charge in [-0.15, -0.1) is 0 Å². The number of carboxylic acid groups (broad SMARTS) is 1. The van der Waals surface area contributed by atoms with Gasteiger partial charge in [0.1, 0.15) is 16.7 Å². The molecule has 1 fully saturated rings. The van der Waals surface area contributed by atoms with Crippen LogP contribution in [-0.2, 0) is 14.8 Å². The molecule has 2 rings (SSSR count). The number of hydrogen-bond donors (Lipinski definition) is 3. The van der Waals surface area contributed by atoms with Gasteiger partial charge in [-0.3, -0.25) is 9.59 Å². The molecule has 1 aliphatic carbocycles. The van der Waals surface area contributed by atoms with E-state index >= 15 is 0 Å². The first-order valence-corrected chi connectivity index (χ1v) is 8.47. The molecule has 0 aliphatic heterocycles. The lowest BCUT2D eigenvalue weighted by molar-refractivity contribution is -0.138. The molecule has 3 N–H and O–H groups in total. The van der Waals surface area contributed by atoms with Crippen LogP contribution in [0, 0.1) is 0 Å². The number of carbonyl (C=O) groups excluding carboxylic acids is 1. The highest BCUT2D eigenvalue weighted by atomic mass is 32.2. The van der Waals surface area contributed by atoms with Crippen molar-refractivity contribution < 1.29 is 27.9 Å². The summed E-state index contributed by atoms with van der Waals surface area (Å²) in [5, 5.41) is 11.1. The largest absolute Gasteiger partial charge is 0.495 e. The van der Waals surface area contributed by atoms with Crippen LogP contribution >= 0.6 is 0 Å². The Morgan fingerprint density at radius 3 is 2.52 bits per heavy atom. The SMILES string of the molecule is COc1ccc(C(=O)N[C@@H](C)C(=O)O)cc1S(=O)(=O)NC1CC1. The molecule has 0 heterocycles. The van der Waals surface area contributed by atoms with Crippen LogP contribution < -0.4 is 14.8 Å². The van der Waals surface area contributed by atoms with Crippen molar-refractivity contribution in [2.75, 3.05) is 7.11 Å². The molecule has 23 heavy (non-hydrogen) atoms. The van der Waals surface area contributed by atoms with E-state index in [2.05, 4.69) is 10.0 Å². The second-order valence-corrected chi connectivity index (χ2v) is 6.98. The van der Waals surface area contributed by atoms with E-state index in [4.69, 9.17) is 9.84 Å². The summed E-state index contributed by atoms with van der Waals surface area (Å²) in [7, 11) is -2.48. The summed E-state index contributed by atoms with van der Waals surface area (Å²) in [6.45, 7) is 1.32. The molecular weight excluding hydrogens is 324 g/mol. The molecule has 1 aromatic rings. The van der Waals surface area contributed by atoms with Crippen molar-refractivity contribution in [2.45, 2.75) is 36.7 Å². The van der Waals surface area contributed by atoms with Crippen molar-refractivity contribution >= 4 is 21.9 Å². The van der Waals surface area contributed by atoms with Gasteiger partial charge in [-0.25, -0.2) is 13.1 Å². The minimum absolute atomic E-state index is 0.0371. The van der Waals surface area contributed by atoms with Gasteiger partial charge in [-0.2, -0.15) is 0 Å². The molecule has 1 amide bonds. The molecule has 0 spiro atoms. The quantitative estimate of drug-likeness (QED) is 0.657. The third-order valence-corrected chi connectivity index (χ3v) is 4.87. The van der Waals surface area contributed by atoms with E-state index in [0.717, 1.165) is 12.8 Å². The number of aliphatic carboxylic acids is 1. The van der Waals surface area contributed by atoms with E-state index in [0.29, 0.717) is 0 Å². The van der Waals surface area contributed by atoms with Gasteiger partial charge in [0.15, 0.2) is 0 Å². The second-order valence-electron chi connectivity index (χ2n) is 5.29. The van der Waals surface area contributed by atoms with Crippen molar-refractivity contribution in [1.29, 1.82) is 0 Å². The molecule has 0 unspecified atom stereocenters. The zero-order valence-corrected chi connectivity index (χ0v) is 13.5. The van der Waals surface area contributed by atoms with E-state index in [-0.39, 0.29) is 22.3 Å². The topological polar surface area (TPSA) is 122 Å². The Morgan fingerprint density at radius 2 is 2.00 bits per heavy atom. The van der Waals surface area contributed by atoms with Crippen molar-refractivity contribution in [3.8, 4) is 5.75 Å². The Labute approximate surface area is 133 Å². The molecular formula is C14H18N2O6S. The number of ether oxygens (including phenoxy) is 1. The maximum Gasteiger partial charge on any atom is 0.325 e. The Kier molecular flexibility index (Phi) is 4.90. The molecule has 1 aromatic carbocycles. The van der Waals surface area contributed by atoms with Gasteiger partial charge in [0.25, 0.3) is 5.91 Å². The van der Waals surface area contributed by atoms with E-state index in [9.17, 15) is 18.0 Å². The Bertz CT molecular complexity index is 727. The van der Waals surface area contributed by atoms with Crippen molar-refractivity contribution in [3.63, 3.8) is 0 Å². The molecule has 126 valence electrons. The molecule has 1 aliphatic rings. The lowest BCUT2D eigenvalue weighted by Crippen LogP contribution is -2.38. The first-order chi connectivity index (χ1) is 10.7. The van der Waals surface area contributed by atoms with Gasteiger partial charge in [-0.05, 0) is 38.0 Å². The van der Waals surface area contributed by atoms with E-state index in [1.165, 1.54) is 32.2 Å². The maximum atomic E-state index is 12.4. The summed E-state index contributed by atoms with van der Waals surface area (Å²) < 4.78 is 32.3. The number of hydrogen-bond acceptors (Lipinski definition) is 5. The summed E-state index contributed by atoms with van der Waals surface area (Å²) in [4.78, 5) is 22.7. The fourth-order valence-corrected chi connectivity index (χ4v) is 3.35. The molecule has 1 saturated carbocycles. The summed E-state index contributed by atoms with van der Waals surface area (Å²) in [5.41, 5.74) is 0.0371. The zero-order valence-electron chi connectivity index (χ0n) is 12.7. The van der Waals surface area contributed by atoms with E-state index in [1.807, 2.05) is 0 Å². The predicted octanol–water partition coefficient (Wildman–Crippen LogP) is 0.339. The van der Waals surface area contributed by atoms with E-state index in [1.54, 1.807) is 0 Å². The average Bonchev–Trinajstić information content (AvgIpc) is 3.29. The second kappa shape index (κ2) is 6.55. The van der Waals surface area contributed by atoms with Crippen LogP contribution in [-0.4, -0.2) is 44.6 Å². The summed E-state index contributed by atoms with van der Waals surface area (Å²) in [5.74, 6) is -1.75. The molecule has 0 radical (unpaired) electrons. The highest BCUT2D eigenvalue weighted by molar-refractivity contribution is 7.89. The lowest BCUT2D eigenvalue weighted by Gasteiger charge is -2.13. The fraction of sp³-hybridized carbons (Fsp3) is 0.429. The third kappa shape index (κ3) is 4.20. The van der Waals surface area contributed by atoms with Gasteiger partial charge < -0.3 is 15.2 Å². The van der Waals surface area contributed by atoms with Gasteiger partial charge in [0, 0.05) is 11.6 Å². The Hall–Kier alpha value is -2.13. The van der Waals surface area contributed by atoms with Gasteiger partial charge >= 0.3 is 5.97 Å². The third-order valence-electron chi connectivity index (χ3n) is 3.33. The molecule has 0 bridgehead atoms. The van der Waals surface area contributed by atoms with Crippen LogP contribution in [0.4, 0.5) is 0 Å². The van der Waals surface area contributed by atoms with Gasteiger partial charge in [-0.1, -0.05) is 0 Å². The van der Waals surface area contributed by atoms with E-state index < -0.39 is 27.9 Å². The summed E-state index contributed by atoms with van der Waals surface area (Å²) >= 11 is 0. The standard InChI is InChI=1S/C14H18N2O6S/c1-8(14(18)19)15-13(17)9-3-6-11(22-2)12(7-9)23(20,21)16-10-4-5-10/h3,6-8,10,16H,4-5H2,1-2H3,(H,15,17)(H,18,19)/t8-/m0/s1. The van der Waals surface area contributed by atoms with Crippen LogP contribution in [0.15, 0.2) is 23.1 Å². The van der Waals surface area contributed by atoms with Crippen LogP contribution in [0.25, 0.3) is 0 Å². The number of benzene rings is 1.